The Morgan fingerprint density at radius 3 is 2.62 bits per heavy atom. The topological polar surface area (TPSA) is 56.7 Å². The van der Waals surface area contributed by atoms with Gasteiger partial charge in [0, 0.05) is 25.3 Å². The molecule has 0 aliphatic carbocycles. The van der Waals surface area contributed by atoms with Gasteiger partial charge in [-0.25, -0.2) is 0 Å². The zero-order chi connectivity index (χ0) is 11.7. The van der Waals surface area contributed by atoms with Gasteiger partial charge in [0.2, 0.25) is 5.89 Å². The second kappa shape index (κ2) is 4.47. The van der Waals surface area contributed by atoms with Crippen molar-refractivity contribution in [1.82, 2.24) is 20.0 Å². The highest BCUT2D eigenvalue weighted by atomic mass is 35.5. The molecule has 0 aliphatic rings. The molecule has 86 valence electrons. The Bertz CT molecular complexity index is 508. The van der Waals surface area contributed by atoms with Crippen LogP contribution in [0.2, 0.25) is 5.15 Å². The fourth-order valence-corrected chi connectivity index (χ4v) is 2.52. The summed E-state index contributed by atoms with van der Waals surface area (Å²) in [4.78, 5) is 0. The fraction of sp³-hybridized carbons (Fsp3) is 0.444. The normalized spacial score (nSPS) is 11.0. The van der Waals surface area contributed by atoms with Crippen LogP contribution in [0.3, 0.4) is 0 Å². The average molecular weight is 259 g/mol. The highest BCUT2D eigenvalue weighted by Crippen LogP contribution is 2.27. The summed E-state index contributed by atoms with van der Waals surface area (Å²) in [6.07, 6.45) is 0. The maximum atomic E-state index is 6.11. The molecule has 7 heteroatoms. The molecular weight excluding hydrogens is 248 g/mol. The summed E-state index contributed by atoms with van der Waals surface area (Å²) < 4.78 is 6.92. The predicted molar refractivity (Wildman–Crippen MR) is 61.6 cm³/mol. The zero-order valence-electron chi connectivity index (χ0n) is 9.19. The number of nitrogens with zero attached hydrogens (tertiary/aromatic N) is 4. The molecule has 0 saturated carbocycles. The molecule has 5 nitrogen and oxygen atoms in total. The molecule has 0 aromatic carbocycles. The molecule has 2 rings (SSSR count). The van der Waals surface area contributed by atoms with Crippen molar-refractivity contribution in [2.75, 3.05) is 0 Å². The van der Waals surface area contributed by atoms with E-state index in [1.165, 1.54) is 11.8 Å². The van der Waals surface area contributed by atoms with Gasteiger partial charge in [-0.2, -0.15) is 5.10 Å². The van der Waals surface area contributed by atoms with Crippen LogP contribution >= 0.6 is 23.4 Å². The van der Waals surface area contributed by atoms with Crippen molar-refractivity contribution in [2.45, 2.75) is 24.8 Å². The summed E-state index contributed by atoms with van der Waals surface area (Å²) in [5.41, 5.74) is 1.93. The van der Waals surface area contributed by atoms with Crippen molar-refractivity contribution in [3.63, 3.8) is 0 Å². The third-order valence-electron chi connectivity index (χ3n) is 2.12. The fourth-order valence-electron chi connectivity index (χ4n) is 1.31. The van der Waals surface area contributed by atoms with Gasteiger partial charge in [-0.15, -0.1) is 10.2 Å². The lowest BCUT2D eigenvalue weighted by atomic mass is 10.3. The molecule has 0 aliphatic heterocycles. The van der Waals surface area contributed by atoms with E-state index in [9.17, 15) is 0 Å². The Balaban J connectivity index is 2.10. The van der Waals surface area contributed by atoms with Crippen LogP contribution in [-0.4, -0.2) is 20.0 Å². The maximum absolute atomic E-state index is 6.11. The van der Waals surface area contributed by atoms with E-state index >= 15 is 0 Å². The predicted octanol–water partition coefficient (Wildman–Crippen LogP) is 2.37. The number of rotatable bonds is 3. The van der Waals surface area contributed by atoms with Crippen molar-refractivity contribution in [3.05, 3.63) is 22.3 Å². The van der Waals surface area contributed by atoms with E-state index in [2.05, 4.69) is 15.3 Å². The summed E-state index contributed by atoms with van der Waals surface area (Å²) in [6, 6.07) is 0. The highest BCUT2D eigenvalue weighted by molar-refractivity contribution is 7.98. The minimum absolute atomic E-state index is 0.553. The Labute approximate surface area is 102 Å². The molecule has 0 unspecified atom stereocenters. The van der Waals surface area contributed by atoms with Gasteiger partial charge >= 0.3 is 0 Å². The SMILES string of the molecule is Cc1nnc(SCc2c(C)nn(C)c2Cl)o1. The average Bonchev–Trinajstić information content (AvgIpc) is 2.72. The van der Waals surface area contributed by atoms with Crippen LogP contribution in [0.15, 0.2) is 9.64 Å². The first kappa shape index (κ1) is 11.5. The first-order chi connectivity index (χ1) is 7.58. The zero-order valence-corrected chi connectivity index (χ0v) is 10.8. The molecule has 2 aromatic rings. The Morgan fingerprint density at radius 1 is 1.38 bits per heavy atom. The summed E-state index contributed by atoms with van der Waals surface area (Å²) in [5, 5.41) is 13.1. The molecule has 0 fully saturated rings. The molecular formula is C9H11ClN4OS. The number of aryl methyl sites for hydroxylation is 3. The van der Waals surface area contributed by atoms with Crippen LogP contribution in [0.1, 0.15) is 17.1 Å². The van der Waals surface area contributed by atoms with Crippen LogP contribution < -0.4 is 0 Å². The first-order valence-corrected chi connectivity index (χ1v) is 6.05. The molecule has 0 amide bonds. The molecule has 2 aromatic heterocycles. The molecule has 16 heavy (non-hydrogen) atoms. The standard InChI is InChI=1S/C9H11ClN4OS/c1-5-7(8(10)14(3)13-5)4-16-9-12-11-6(2)15-9/h4H2,1-3H3. The number of aromatic nitrogens is 4. The van der Waals surface area contributed by atoms with Crippen molar-refractivity contribution in [1.29, 1.82) is 0 Å². The monoisotopic (exact) mass is 258 g/mol. The van der Waals surface area contributed by atoms with E-state index in [1.807, 2.05) is 14.0 Å². The van der Waals surface area contributed by atoms with Crippen molar-refractivity contribution in [2.24, 2.45) is 7.05 Å². The number of hydrogen-bond donors (Lipinski definition) is 0. The van der Waals surface area contributed by atoms with Gasteiger partial charge in [0.15, 0.2) is 0 Å². The molecule has 0 atom stereocenters. The van der Waals surface area contributed by atoms with Crippen molar-refractivity contribution < 1.29 is 4.42 Å². The van der Waals surface area contributed by atoms with Gasteiger partial charge in [0.25, 0.3) is 5.22 Å². The van der Waals surface area contributed by atoms with E-state index < -0.39 is 0 Å². The van der Waals surface area contributed by atoms with Crippen molar-refractivity contribution in [3.8, 4) is 0 Å². The first-order valence-electron chi connectivity index (χ1n) is 4.69. The quantitative estimate of drug-likeness (QED) is 0.791. The largest absolute Gasteiger partial charge is 0.416 e. The minimum Gasteiger partial charge on any atom is -0.416 e. The van der Waals surface area contributed by atoms with Gasteiger partial charge in [0.1, 0.15) is 5.15 Å². The third-order valence-corrected chi connectivity index (χ3v) is 3.44. The number of hydrogen-bond acceptors (Lipinski definition) is 5. The highest BCUT2D eigenvalue weighted by Gasteiger charge is 2.13. The van der Waals surface area contributed by atoms with E-state index in [4.69, 9.17) is 16.0 Å². The smallest absolute Gasteiger partial charge is 0.276 e. The second-order valence-electron chi connectivity index (χ2n) is 3.35. The Kier molecular flexibility index (Phi) is 3.20. The summed E-state index contributed by atoms with van der Waals surface area (Å²) in [5.74, 6) is 1.25. The second-order valence-corrected chi connectivity index (χ2v) is 4.64. The Morgan fingerprint density at radius 2 is 2.12 bits per heavy atom. The van der Waals surface area contributed by atoms with Crippen LogP contribution in [0.5, 0.6) is 0 Å². The third kappa shape index (κ3) is 2.22. The van der Waals surface area contributed by atoms with Crippen molar-refractivity contribution >= 4 is 23.4 Å². The maximum Gasteiger partial charge on any atom is 0.276 e. The van der Waals surface area contributed by atoms with Crippen LogP contribution in [0.25, 0.3) is 0 Å². The lowest BCUT2D eigenvalue weighted by Crippen LogP contribution is -1.89. The van der Waals surface area contributed by atoms with E-state index in [-0.39, 0.29) is 0 Å². The Hall–Kier alpha value is -1.01. The minimum atomic E-state index is 0.553. The number of halogens is 1. The van der Waals surface area contributed by atoms with E-state index in [0.717, 1.165) is 11.3 Å². The van der Waals surface area contributed by atoms with Crippen LogP contribution in [0.4, 0.5) is 0 Å². The van der Waals surface area contributed by atoms with Gasteiger partial charge < -0.3 is 4.42 Å². The molecule has 0 bridgehead atoms. The van der Waals surface area contributed by atoms with Gasteiger partial charge in [0.05, 0.1) is 5.69 Å². The van der Waals surface area contributed by atoms with Gasteiger partial charge in [-0.05, 0) is 6.92 Å². The molecule has 0 saturated heterocycles. The lowest BCUT2D eigenvalue weighted by Gasteiger charge is -1.96. The lowest BCUT2D eigenvalue weighted by molar-refractivity contribution is 0.429. The summed E-state index contributed by atoms with van der Waals surface area (Å²) in [7, 11) is 1.82. The summed E-state index contributed by atoms with van der Waals surface area (Å²) >= 11 is 7.56. The molecule has 0 spiro atoms. The van der Waals surface area contributed by atoms with E-state index in [0.29, 0.717) is 22.0 Å². The molecule has 0 N–H and O–H groups in total. The van der Waals surface area contributed by atoms with Crippen LogP contribution in [-0.2, 0) is 12.8 Å². The van der Waals surface area contributed by atoms with E-state index in [1.54, 1.807) is 11.6 Å². The molecule has 0 radical (unpaired) electrons. The van der Waals surface area contributed by atoms with Crippen LogP contribution in [0, 0.1) is 13.8 Å². The number of thioether (sulfide) groups is 1. The van der Waals surface area contributed by atoms with Gasteiger partial charge in [-0.1, -0.05) is 23.4 Å². The summed E-state index contributed by atoms with van der Waals surface area (Å²) in [6.45, 7) is 3.69. The molecule has 2 heterocycles. The van der Waals surface area contributed by atoms with Gasteiger partial charge in [-0.3, -0.25) is 4.68 Å².